The van der Waals surface area contributed by atoms with Crippen LogP contribution in [0.1, 0.15) is 20.8 Å². The van der Waals surface area contributed by atoms with Crippen molar-refractivity contribution in [2.24, 2.45) is 5.92 Å². The maximum Gasteiger partial charge on any atom is 0.219 e. The van der Waals surface area contributed by atoms with E-state index in [0.717, 1.165) is 0 Å². The van der Waals surface area contributed by atoms with E-state index in [2.05, 4.69) is 0 Å². The minimum Gasteiger partial charge on any atom is -0.341 e. The van der Waals surface area contributed by atoms with Crippen molar-refractivity contribution < 1.29 is 4.79 Å². The van der Waals surface area contributed by atoms with Gasteiger partial charge in [-0.2, -0.15) is 0 Å². The molecule has 0 aromatic heterocycles. The largest absolute Gasteiger partial charge is 0.341 e. The fourth-order valence-electron chi connectivity index (χ4n) is 0.552. The minimum atomic E-state index is 0.0868. The number of hydrogen-bond donors (Lipinski definition) is 0. The standard InChI is InChI=1S/C7H14NO/c1-6(2)5-8(4)7(3)9/h5-6H,1-4H3. The van der Waals surface area contributed by atoms with Gasteiger partial charge in [0.15, 0.2) is 0 Å². The zero-order chi connectivity index (χ0) is 7.44. The Bertz CT molecular complexity index is 99.1. The molecule has 0 saturated heterocycles. The van der Waals surface area contributed by atoms with Gasteiger partial charge in [0.2, 0.25) is 5.91 Å². The van der Waals surface area contributed by atoms with Gasteiger partial charge in [-0.25, -0.2) is 0 Å². The van der Waals surface area contributed by atoms with Crippen molar-refractivity contribution in [1.82, 2.24) is 4.90 Å². The van der Waals surface area contributed by atoms with Crippen molar-refractivity contribution in [3.05, 3.63) is 6.54 Å². The van der Waals surface area contributed by atoms with E-state index < -0.39 is 0 Å². The molecule has 2 nitrogen and oxygen atoms in total. The predicted octanol–water partition coefficient (Wildman–Crippen LogP) is 1.28. The smallest absolute Gasteiger partial charge is 0.219 e. The van der Waals surface area contributed by atoms with E-state index in [0.29, 0.717) is 5.92 Å². The summed E-state index contributed by atoms with van der Waals surface area (Å²) in [6, 6.07) is 0. The summed E-state index contributed by atoms with van der Waals surface area (Å²) in [5.41, 5.74) is 0. The number of hydrogen-bond acceptors (Lipinski definition) is 1. The van der Waals surface area contributed by atoms with Gasteiger partial charge < -0.3 is 4.90 Å². The van der Waals surface area contributed by atoms with Crippen molar-refractivity contribution in [2.75, 3.05) is 7.05 Å². The summed E-state index contributed by atoms with van der Waals surface area (Å²) in [6.07, 6.45) is 0. The number of carbonyl (C=O) groups is 1. The third-order valence-electron chi connectivity index (χ3n) is 1.02. The molecule has 0 rings (SSSR count). The Labute approximate surface area is 56.9 Å². The van der Waals surface area contributed by atoms with Crippen LogP contribution in [0.5, 0.6) is 0 Å². The van der Waals surface area contributed by atoms with E-state index >= 15 is 0 Å². The summed E-state index contributed by atoms with van der Waals surface area (Å²) in [5.74, 6) is 0.530. The first-order chi connectivity index (χ1) is 4.04. The Morgan fingerprint density at radius 2 is 2.00 bits per heavy atom. The molecule has 0 aliphatic heterocycles. The second-order valence-electron chi connectivity index (χ2n) is 2.52. The maximum absolute atomic E-state index is 10.6. The second kappa shape index (κ2) is 3.49. The molecule has 0 aliphatic carbocycles. The van der Waals surface area contributed by atoms with Gasteiger partial charge in [-0.05, 0) is 5.92 Å². The summed E-state index contributed by atoms with van der Waals surface area (Å²) in [6.45, 7) is 7.53. The molecule has 9 heavy (non-hydrogen) atoms. The molecule has 0 atom stereocenters. The second-order valence-corrected chi connectivity index (χ2v) is 2.52. The average molecular weight is 128 g/mol. The highest BCUT2D eigenvalue weighted by Crippen LogP contribution is 2.00. The van der Waals surface area contributed by atoms with Crippen LogP contribution in [0.4, 0.5) is 0 Å². The highest BCUT2D eigenvalue weighted by Gasteiger charge is 2.03. The summed E-state index contributed by atoms with van der Waals surface area (Å²) in [7, 11) is 1.77. The molecule has 1 amide bonds. The Hall–Kier alpha value is -0.530. The number of rotatable bonds is 2. The van der Waals surface area contributed by atoms with Crippen LogP contribution in [0.15, 0.2) is 0 Å². The van der Waals surface area contributed by atoms with Crippen molar-refractivity contribution in [1.29, 1.82) is 0 Å². The molecule has 2 heteroatoms. The molecular weight excluding hydrogens is 114 g/mol. The van der Waals surface area contributed by atoms with Gasteiger partial charge in [-0.1, -0.05) is 13.8 Å². The van der Waals surface area contributed by atoms with Crippen LogP contribution < -0.4 is 0 Å². The van der Waals surface area contributed by atoms with E-state index in [1.165, 1.54) is 0 Å². The van der Waals surface area contributed by atoms with Crippen LogP contribution in [0, 0.1) is 12.5 Å². The van der Waals surface area contributed by atoms with Gasteiger partial charge in [-0.3, -0.25) is 4.79 Å². The fraction of sp³-hybridized carbons (Fsp3) is 0.714. The summed E-state index contributed by atoms with van der Waals surface area (Å²) in [5, 5.41) is 0. The van der Waals surface area contributed by atoms with E-state index in [9.17, 15) is 4.79 Å². The maximum atomic E-state index is 10.6. The van der Waals surface area contributed by atoms with Crippen molar-refractivity contribution >= 4 is 5.91 Å². The zero-order valence-electron chi connectivity index (χ0n) is 6.51. The Morgan fingerprint density at radius 1 is 1.56 bits per heavy atom. The average Bonchev–Trinajstić information content (AvgIpc) is 1.63. The van der Waals surface area contributed by atoms with Gasteiger partial charge in [0.05, 0.1) is 6.54 Å². The zero-order valence-corrected chi connectivity index (χ0v) is 6.51. The first kappa shape index (κ1) is 8.47. The van der Waals surface area contributed by atoms with Crippen LogP contribution >= 0.6 is 0 Å². The van der Waals surface area contributed by atoms with Gasteiger partial charge in [0.1, 0.15) is 0 Å². The van der Waals surface area contributed by atoms with Crippen LogP contribution in [0.3, 0.4) is 0 Å². The third kappa shape index (κ3) is 4.01. The van der Waals surface area contributed by atoms with E-state index in [1.807, 2.05) is 20.4 Å². The quantitative estimate of drug-likeness (QED) is 0.548. The lowest BCUT2D eigenvalue weighted by Crippen LogP contribution is -2.22. The van der Waals surface area contributed by atoms with Gasteiger partial charge >= 0.3 is 0 Å². The molecule has 0 fully saturated rings. The topological polar surface area (TPSA) is 20.3 Å². The molecule has 1 radical (unpaired) electrons. The van der Waals surface area contributed by atoms with Crippen LogP contribution in [0.2, 0.25) is 0 Å². The Kier molecular flexibility index (Phi) is 3.28. The van der Waals surface area contributed by atoms with Gasteiger partial charge in [0, 0.05) is 14.0 Å². The van der Waals surface area contributed by atoms with Crippen molar-refractivity contribution in [2.45, 2.75) is 20.8 Å². The first-order valence-corrected chi connectivity index (χ1v) is 3.12. The molecule has 0 aromatic carbocycles. The lowest BCUT2D eigenvalue weighted by Gasteiger charge is -2.15. The van der Waals surface area contributed by atoms with Gasteiger partial charge in [-0.15, -0.1) is 0 Å². The molecule has 0 bridgehead atoms. The summed E-state index contributed by atoms with van der Waals surface area (Å²) >= 11 is 0. The number of nitrogens with zero attached hydrogens (tertiary/aromatic N) is 1. The van der Waals surface area contributed by atoms with E-state index in [-0.39, 0.29) is 5.91 Å². The van der Waals surface area contributed by atoms with Crippen LogP contribution in [0.25, 0.3) is 0 Å². The molecule has 0 aromatic rings. The molecule has 0 N–H and O–H groups in total. The van der Waals surface area contributed by atoms with Gasteiger partial charge in [0.25, 0.3) is 0 Å². The molecule has 0 saturated carbocycles. The molecule has 0 unspecified atom stereocenters. The highest BCUT2D eigenvalue weighted by atomic mass is 16.2. The molecule has 53 valence electrons. The number of amides is 1. The fourth-order valence-corrected chi connectivity index (χ4v) is 0.552. The lowest BCUT2D eigenvalue weighted by atomic mass is 10.2. The SMILES string of the molecule is CC(=O)N(C)[CH]C(C)C. The Morgan fingerprint density at radius 3 is 2.11 bits per heavy atom. The minimum absolute atomic E-state index is 0.0868. The van der Waals surface area contributed by atoms with Crippen LogP contribution in [-0.2, 0) is 4.79 Å². The summed E-state index contributed by atoms with van der Waals surface area (Å²) < 4.78 is 0. The normalized spacial score (nSPS) is 9.89. The molecular formula is C7H14NO. The number of carbonyl (C=O) groups excluding carboxylic acids is 1. The highest BCUT2D eigenvalue weighted by molar-refractivity contribution is 5.73. The van der Waals surface area contributed by atoms with E-state index in [4.69, 9.17) is 0 Å². The van der Waals surface area contributed by atoms with E-state index in [1.54, 1.807) is 18.9 Å². The van der Waals surface area contributed by atoms with Crippen molar-refractivity contribution in [3.8, 4) is 0 Å². The Balaban J connectivity index is 3.50. The predicted molar refractivity (Wildman–Crippen MR) is 37.6 cm³/mol. The lowest BCUT2D eigenvalue weighted by molar-refractivity contribution is -0.126. The van der Waals surface area contributed by atoms with Crippen molar-refractivity contribution in [3.63, 3.8) is 0 Å². The third-order valence-corrected chi connectivity index (χ3v) is 1.02. The molecule has 0 spiro atoms. The first-order valence-electron chi connectivity index (χ1n) is 3.12. The monoisotopic (exact) mass is 128 g/mol. The summed E-state index contributed by atoms with van der Waals surface area (Å²) in [4.78, 5) is 12.2. The molecule has 0 heterocycles. The molecule has 0 aliphatic rings. The van der Waals surface area contributed by atoms with Crippen LogP contribution in [-0.4, -0.2) is 17.9 Å².